The molecule has 11 heteroatoms. The van der Waals surface area contributed by atoms with Gasteiger partial charge in [-0.2, -0.15) is 0 Å². The Morgan fingerprint density at radius 2 is 1.97 bits per heavy atom. The summed E-state index contributed by atoms with van der Waals surface area (Å²) in [6.07, 6.45) is 0. The molecule has 3 rings (SSSR count). The molecule has 30 heavy (non-hydrogen) atoms. The van der Waals surface area contributed by atoms with E-state index >= 15 is 0 Å². The number of amides is 1. The number of methoxy groups -OCH3 is 1. The Kier molecular flexibility index (Phi) is 6.33. The Bertz CT molecular complexity index is 1180. The lowest BCUT2D eigenvalue weighted by Gasteiger charge is -2.12. The van der Waals surface area contributed by atoms with E-state index in [1.165, 1.54) is 54.8 Å². The summed E-state index contributed by atoms with van der Waals surface area (Å²) in [6, 6.07) is 12.8. The van der Waals surface area contributed by atoms with Crippen LogP contribution in [0.2, 0.25) is 0 Å². The standard InChI is InChI=1S/C19H17N3O6S2/c1-28-18-8-7-14(22(24)25)11-17(18)21-30(26,27)16-6-2-4-13(10-16)19(23)20-12-15-5-3-9-29-15/h2-11,21H,12H2,1H3,(H,20,23). The first-order chi connectivity index (χ1) is 14.3. The summed E-state index contributed by atoms with van der Waals surface area (Å²) in [6.45, 7) is 0.330. The molecule has 156 valence electrons. The number of nitrogens with zero attached hydrogens (tertiary/aromatic N) is 1. The third kappa shape index (κ3) is 4.93. The van der Waals surface area contributed by atoms with E-state index in [1.54, 1.807) is 0 Å². The number of anilines is 1. The minimum atomic E-state index is -4.13. The number of nitrogens with one attached hydrogen (secondary N) is 2. The van der Waals surface area contributed by atoms with Crippen LogP contribution in [0.3, 0.4) is 0 Å². The summed E-state index contributed by atoms with van der Waals surface area (Å²) < 4.78 is 33.0. The van der Waals surface area contributed by atoms with Gasteiger partial charge in [-0.1, -0.05) is 12.1 Å². The van der Waals surface area contributed by atoms with Crippen LogP contribution in [-0.2, 0) is 16.6 Å². The first-order valence-electron chi connectivity index (χ1n) is 8.56. The van der Waals surface area contributed by atoms with Crippen molar-refractivity contribution in [2.45, 2.75) is 11.4 Å². The van der Waals surface area contributed by atoms with Gasteiger partial charge in [0.15, 0.2) is 0 Å². The van der Waals surface area contributed by atoms with Crippen molar-refractivity contribution in [1.29, 1.82) is 0 Å². The number of ether oxygens (including phenoxy) is 1. The largest absolute Gasteiger partial charge is 0.495 e. The van der Waals surface area contributed by atoms with Gasteiger partial charge in [0.25, 0.3) is 21.6 Å². The molecule has 0 unspecified atom stereocenters. The van der Waals surface area contributed by atoms with Crippen LogP contribution in [0, 0.1) is 10.1 Å². The lowest BCUT2D eigenvalue weighted by Crippen LogP contribution is -2.23. The number of carbonyl (C=O) groups excluding carboxylic acids is 1. The molecule has 3 aromatic rings. The Morgan fingerprint density at radius 3 is 2.63 bits per heavy atom. The van der Waals surface area contributed by atoms with Crippen molar-refractivity contribution in [2.24, 2.45) is 0 Å². The van der Waals surface area contributed by atoms with E-state index in [2.05, 4.69) is 10.0 Å². The first kappa shape index (κ1) is 21.3. The lowest BCUT2D eigenvalue weighted by atomic mass is 10.2. The highest BCUT2D eigenvalue weighted by molar-refractivity contribution is 7.92. The summed E-state index contributed by atoms with van der Waals surface area (Å²) >= 11 is 1.49. The fraction of sp³-hybridized carbons (Fsp3) is 0.105. The second-order valence-electron chi connectivity index (χ2n) is 6.04. The Balaban J connectivity index is 1.83. The van der Waals surface area contributed by atoms with Crippen molar-refractivity contribution in [3.63, 3.8) is 0 Å². The van der Waals surface area contributed by atoms with Crippen LogP contribution in [0.1, 0.15) is 15.2 Å². The van der Waals surface area contributed by atoms with Gasteiger partial charge in [0.1, 0.15) is 5.75 Å². The SMILES string of the molecule is COc1ccc([N+](=O)[O-])cc1NS(=O)(=O)c1cccc(C(=O)NCc2cccs2)c1. The van der Waals surface area contributed by atoms with Crippen molar-refractivity contribution in [1.82, 2.24) is 5.32 Å². The van der Waals surface area contributed by atoms with Crippen LogP contribution >= 0.6 is 11.3 Å². The number of non-ortho nitro benzene ring substituents is 1. The predicted molar refractivity (Wildman–Crippen MR) is 112 cm³/mol. The number of thiophene rings is 1. The Morgan fingerprint density at radius 1 is 1.17 bits per heavy atom. The molecule has 1 amide bonds. The van der Waals surface area contributed by atoms with E-state index in [9.17, 15) is 23.3 Å². The molecule has 0 bridgehead atoms. The van der Waals surface area contributed by atoms with E-state index in [1.807, 2.05) is 17.5 Å². The fourth-order valence-electron chi connectivity index (χ4n) is 2.58. The van der Waals surface area contributed by atoms with Crippen LogP contribution in [0.4, 0.5) is 11.4 Å². The number of hydrogen-bond donors (Lipinski definition) is 2. The van der Waals surface area contributed by atoms with Crippen LogP contribution in [-0.4, -0.2) is 26.4 Å². The quantitative estimate of drug-likeness (QED) is 0.402. The molecule has 1 heterocycles. The minimum absolute atomic E-state index is 0.0840. The van der Waals surface area contributed by atoms with Crippen LogP contribution in [0.15, 0.2) is 64.9 Å². The number of hydrogen-bond acceptors (Lipinski definition) is 7. The monoisotopic (exact) mass is 447 g/mol. The lowest BCUT2D eigenvalue weighted by molar-refractivity contribution is -0.384. The molecule has 0 aliphatic rings. The van der Waals surface area contributed by atoms with Gasteiger partial charge in [-0.3, -0.25) is 19.6 Å². The highest BCUT2D eigenvalue weighted by atomic mass is 32.2. The molecule has 0 fully saturated rings. The summed E-state index contributed by atoms with van der Waals surface area (Å²) in [4.78, 5) is 23.5. The molecule has 0 atom stereocenters. The second kappa shape index (κ2) is 8.93. The number of benzene rings is 2. The molecule has 1 aromatic heterocycles. The summed E-state index contributed by atoms with van der Waals surface area (Å²) in [5.41, 5.74) is -0.213. The summed E-state index contributed by atoms with van der Waals surface area (Å²) in [7, 11) is -2.82. The van der Waals surface area contributed by atoms with Gasteiger partial charge in [0.2, 0.25) is 0 Å². The van der Waals surface area contributed by atoms with Crippen molar-refractivity contribution >= 4 is 38.6 Å². The predicted octanol–water partition coefficient (Wildman–Crippen LogP) is 3.40. The average molecular weight is 447 g/mol. The number of sulfonamides is 1. The number of carbonyl (C=O) groups is 1. The van der Waals surface area contributed by atoms with Gasteiger partial charge in [-0.25, -0.2) is 8.42 Å². The third-order valence-corrected chi connectivity index (χ3v) is 6.29. The average Bonchev–Trinajstić information content (AvgIpc) is 3.25. The Labute approximate surface area is 176 Å². The zero-order valence-electron chi connectivity index (χ0n) is 15.7. The number of nitro benzene ring substituents is 1. The minimum Gasteiger partial charge on any atom is -0.495 e. The molecular weight excluding hydrogens is 430 g/mol. The maximum atomic E-state index is 12.8. The van der Waals surface area contributed by atoms with Gasteiger partial charge in [-0.15, -0.1) is 11.3 Å². The topological polar surface area (TPSA) is 128 Å². The molecule has 2 N–H and O–H groups in total. The Hall–Kier alpha value is -3.44. The molecule has 0 saturated heterocycles. The summed E-state index contributed by atoms with van der Waals surface area (Å²) in [5.74, 6) is -0.303. The second-order valence-corrected chi connectivity index (χ2v) is 8.75. The van der Waals surface area contributed by atoms with Gasteiger partial charge in [0, 0.05) is 22.6 Å². The van der Waals surface area contributed by atoms with Crippen LogP contribution in [0.25, 0.3) is 0 Å². The number of nitro groups is 1. The zero-order valence-corrected chi connectivity index (χ0v) is 17.3. The highest BCUT2D eigenvalue weighted by Gasteiger charge is 2.20. The highest BCUT2D eigenvalue weighted by Crippen LogP contribution is 2.31. The molecule has 0 aliphatic heterocycles. The molecule has 9 nitrogen and oxygen atoms in total. The molecule has 0 saturated carbocycles. The molecule has 0 aliphatic carbocycles. The fourth-order valence-corrected chi connectivity index (χ4v) is 4.33. The molecule has 0 radical (unpaired) electrons. The smallest absolute Gasteiger partial charge is 0.271 e. The summed E-state index contributed by atoms with van der Waals surface area (Å²) in [5, 5.41) is 15.6. The van der Waals surface area contributed by atoms with Gasteiger partial charge < -0.3 is 10.1 Å². The zero-order chi connectivity index (χ0) is 21.7. The van der Waals surface area contributed by atoms with Crippen molar-refractivity contribution in [2.75, 3.05) is 11.8 Å². The molecule has 2 aromatic carbocycles. The van der Waals surface area contributed by atoms with E-state index in [4.69, 9.17) is 4.74 Å². The third-order valence-electron chi connectivity index (χ3n) is 4.05. The van der Waals surface area contributed by atoms with Crippen molar-refractivity contribution < 1.29 is 22.9 Å². The molecule has 0 spiro atoms. The molecular formula is C19H17N3O6S2. The van der Waals surface area contributed by atoms with Crippen LogP contribution < -0.4 is 14.8 Å². The maximum Gasteiger partial charge on any atom is 0.271 e. The van der Waals surface area contributed by atoms with E-state index < -0.39 is 20.9 Å². The van der Waals surface area contributed by atoms with E-state index in [-0.39, 0.29) is 27.6 Å². The van der Waals surface area contributed by atoms with Gasteiger partial charge in [-0.05, 0) is 35.7 Å². The van der Waals surface area contributed by atoms with Crippen LogP contribution in [0.5, 0.6) is 5.75 Å². The van der Waals surface area contributed by atoms with Gasteiger partial charge in [0.05, 0.1) is 29.2 Å². The first-order valence-corrected chi connectivity index (χ1v) is 10.9. The van der Waals surface area contributed by atoms with E-state index in [0.29, 0.717) is 6.54 Å². The number of rotatable bonds is 8. The maximum absolute atomic E-state index is 12.8. The normalized spacial score (nSPS) is 11.0. The van der Waals surface area contributed by atoms with Crippen molar-refractivity contribution in [3.8, 4) is 5.75 Å². The van der Waals surface area contributed by atoms with Gasteiger partial charge >= 0.3 is 0 Å². The van der Waals surface area contributed by atoms with E-state index in [0.717, 1.165) is 10.9 Å². The van der Waals surface area contributed by atoms with Crippen molar-refractivity contribution in [3.05, 3.63) is 80.5 Å².